The Morgan fingerprint density at radius 1 is 1.29 bits per heavy atom. The Bertz CT molecular complexity index is 445. The molecule has 17 heavy (non-hydrogen) atoms. The van der Waals surface area contributed by atoms with Crippen molar-refractivity contribution in [1.82, 2.24) is 0 Å². The van der Waals surface area contributed by atoms with E-state index in [-0.39, 0.29) is 5.78 Å². The Kier molecular flexibility index (Phi) is 4.45. The largest absolute Gasteiger partial charge is 0.298 e. The molecule has 0 fully saturated rings. The van der Waals surface area contributed by atoms with Gasteiger partial charge in [-0.2, -0.15) is 5.26 Å². The second kappa shape index (κ2) is 5.63. The lowest BCUT2D eigenvalue weighted by molar-refractivity contribution is -0.119. The molecule has 2 nitrogen and oxygen atoms in total. The maximum absolute atomic E-state index is 11.9. The van der Waals surface area contributed by atoms with Crippen molar-refractivity contribution in [2.75, 3.05) is 0 Å². The molecule has 0 N–H and O–H groups in total. The molecule has 0 spiro atoms. The van der Waals surface area contributed by atoms with Gasteiger partial charge in [-0.05, 0) is 43.9 Å². The van der Waals surface area contributed by atoms with Crippen molar-refractivity contribution in [2.45, 2.75) is 46.5 Å². The minimum Gasteiger partial charge on any atom is -0.298 e. The first-order valence-corrected chi connectivity index (χ1v) is 6.01. The predicted octanol–water partition coefficient (Wildman–Crippen LogP) is 3.59. The number of nitriles is 1. The molecule has 1 rings (SSSR count). The zero-order chi connectivity index (χ0) is 13.0. The van der Waals surface area contributed by atoms with Gasteiger partial charge >= 0.3 is 0 Å². The van der Waals surface area contributed by atoms with Gasteiger partial charge in [-0.25, -0.2) is 0 Å². The highest BCUT2D eigenvalue weighted by molar-refractivity contribution is 5.89. The molecular weight excluding hydrogens is 210 g/mol. The summed E-state index contributed by atoms with van der Waals surface area (Å²) in [5, 5.41) is 9.22. The van der Waals surface area contributed by atoms with Crippen LogP contribution in [0.25, 0.3) is 0 Å². The Morgan fingerprint density at radius 3 is 2.24 bits per heavy atom. The van der Waals surface area contributed by atoms with Crippen LogP contribution in [-0.2, 0) is 4.79 Å². The molecule has 1 aromatic rings. The Labute approximate surface area is 103 Å². The van der Waals surface area contributed by atoms with Crippen LogP contribution in [0.15, 0.2) is 12.1 Å². The molecule has 0 saturated heterocycles. The molecule has 1 atom stereocenters. The van der Waals surface area contributed by atoms with Gasteiger partial charge in [0, 0.05) is 6.42 Å². The maximum atomic E-state index is 11.9. The predicted molar refractivity (Wildman–Crippen MR) is 68.9 cm³/mol. The number of carbonyl (C=O) groups is 1. The average molecular weight is 229 g/mol. The first-order chi connectivity index (χ1) is 8.01. The summed E-state index contributed by atoms with van der Waals surface area (Å²) >= 11 is 0. The van der Waals surface area contributed by atoms with E-state index in [0.29, 0.717) is 6.42 Å². The number of carbonyl (C=O) groups excluding carboxylic acids is 1. The number of aryl methyl sites for hydroxylation is 3. The van der Waals surface area contributed by atoms with Gasteiger partial charge in [0.15, 0.2) is 5.78 Å². The van der Waals surface area contributed by atoms with Crippen LogP contribution in [0.5, 0.6) is 0 Å². The maximum Gasteiger partial charge on any atom is 0.154 e. The van der Waals surface area contributed by atoms with E-state index >= 15 is 0 Å². The summed E-state index contributed by atoms with van der Waals surface area (Å²) < 4.78 is 0. The van der Waals surface area contributed by atoms with Crippen LogP contribution in [0, 0.1) is 32.1 Å². The molecule has 0 aliphatic rings. The van der Waals surface area contributed by atoms with Crippen LogP contribution in [0.4, 0.5) is 0 Å². The van der Waals surface area contributed by atoms with E-state index in [1.165, 1.54) is 5.56 Å². The lowest BCUT2D eigenvalue weighted by atomic mass is 9.86. The Morgan fingerprint density at radius 2 is 1.82 bits per heavy atom. The summed E-state index contributed by atoms with van der Waals surface area (Å²) in [6.45, 7) is 7.93. The van der Waals surface area contributed by atoms with Gasteiger partial charge in [-0.3, -0.25) is 4.79 Å². The van der Waals surface area contributed by atoms with Crippen molar-refractivity contribution in [2.24, 2.45) is 0 Å². The normalized spacial score (nSPS) is 11.9. The van der Waals surface area contributed by atoms with Gasteiger partial charge in [-0.1, -0.05) is 24.6 Å². The molecule has 90 valence electrons. The molecule has 0 aromatic heterocycles. The van der Waals surface area contributed by atoms with E-state index < -0.39 is 5.92 Å². The van der Waals surface area contributed by atoms with Gasteiger partial charge in [0.2, 0.25) is 0 Å². The van der Waals surface area contributed by atoms with Crippen LogP contribution in [0.1, 0.15) is 47.9 Å². The monoisotopic (exact) mass is 229 g/mol. The summed E-state index contributed by atoms with van der Waals surface area (Å²) in [5.74, 6) is -0.569. The van der Waals surface area contributed by atoms with E-state index in [1.807, 2.05) is 39.8 Å². The molecule has 0 amide bonds. The number of hydrogen-bond acceptors (Lipinski definition) is 2. The SMILES string of the molecule is CCCC(=O)C(C#N)c1c(C)cc(C)cc1C. The van der Waals surface area contributed by atoms with Crippen LogP contribution < -0.4 is 0 Å². The van der Waals surface area contributed by atoms with Crippen LogP contribution >= 0.6 is 0 Å². The number of nitrogens with zero attached hydrogens (tertiary/aromatic N) is 1. The van der Waals surface area contributed by atoms with Gasteiger partial charge in [-0.15, -0.1) is 0 Å². The van der Waals surface area contributed by atoms with E-state index in [2.05, 4.69) is 6.07 Å². The van der Waals surface area contributed by atoms with E-state index in [1.54, 1.807) is 0 Å². The molecule has 0 aliphatic carbocycles. The molecule has 0 radical (unpaired) electrons. The molecule has 1 unspecified atom stereocenters. The molecule has 0 bridgehead atoms. The third-order valence-corrected chi connectivity index (χ3v) is 2.97. The molecular formula is C15H19NO. The topological polar surface area (TPSA) is 40.9 Å². The fourth-order valence-corrected chi connectivity index (χ4v) is 2.33. The number of Topliss-reactive ketones (excluding diaryl/α,β-unsaturated/α-hetero) is 1. The van der Waals surface area contributed by atoms with Gasteiger partial charge in [0.1, 0.15) is 5.92 Å². The number of benzene rings is 1. The smallest absolute Gasteiger partial charge is 0.154 e. The first-order valence-electron chi connectivity index (χ1n) is 6.01. The second-order valence-corrected chi connectivity index (χ2v) is 4.59. The molecule has 2 heteroatoms. The summed E-state index contributed by atoms with van der Waals surface area (Å²) in [6, 6.07) is 6.22. The summed E-state index contributed by atoms with van der Waals surface area (Å²) in [6.07, 6.45) is 1.27. The van der Waals surface area contributed by atoms with Crippen molar-refractivity contribution in [3.05, 3.63) is 34.4 Å². The van der Waals surface area contributed by atoms with Crippen molar-refractivity contribution in [1.29, 1.82) is 5.26 Å². The Balaban J connectivity index is 3.22. The van der Waals surface area contributed by atoms with Crippen LogP contribution in [-0.4, -0.2) is 5.78 Å². The third kappa shape index (κ3) is 2.94. The lowest BCUT2D eigenvalue weighted by Gasteiger charge is -2.15. The van der Waals surface area contributed by atoms with Gasteiger partial charge in [0.25, 0.3) is 0 Å². The van der Waals surface area contributed by atoms with E-state index in [0.717, 1.165) is 23.1 Å². The highest BCUT2D eigenvalue weighted by Gasteiger charge is 2.22. The number of rotatable bonds is 4. The quantitative estimate of drug-likeness (QED) is 0.791. The second-order valence-electron chi connectivity index (χ2n) is 4.59. The van der Waals surface area contributed by atoms with Crippen molar-refractivity contribution in [3.63, 3.8) is 0 Å². The average Bonchev–Trinajstić information content (AvgIpc) is 2.23. The van der Waals surface area contributed by atoms with Crippen LogP contribution in [0.2, 0.25) is 0 Å². The molecule has 0 heterocycles. The first kappa shape index (κ1) is 13.4. The molecule has 1 aromatic carbocycles. The van der Waals surface area contributed by atoms with Crippen molar-refractivity contribution in [3.8, 4) is 6.07 Å². The fourth-order valence-electron chi connectivity index (χ4n) is 2.33. The van der Waals surface area contributed by atoms with Crippen LogP contribution in [0.3, 0.4) is 0 Å². The van der Waals surface area contributed by atoms with Gasteiger partial charge in [0.05, 0.1) is 6.07 Å². The highest BCUT2D eigenvalue weighted by Crippen LogP contribution is 2.26. The highest BCUT2D eigenvalue weighted by atomic mass is 16.1. The lowest BCUT2D eigenvalue weighted by Crippen LogP contribution is -2.13. The molecule has 0 saturated carbocycles. The zero-order valence-corrected chi connectivity index (χ0v) is 11.0. The van der Waals surface area contributed by atoms with Crippen molar-refractivity contribution >= 4 is 5.78 Å². The van der Waals surface area contributed by atoms with E-state index in [4.69, 9.17) is 0 Å². The number of hydrogen-bond donors (Lipinski definition) is 0. The Hall–Kier alpha value is -1.62. The summed E-state index contributed by atoms with van der Waals surface area (Å²) in [7, 11) is 0. The minimum atomic E-state index is -0.601. The van der Waals surface area contributed by atoms with Gasteiger partial charge < -0.3 is 0 Å². The third-order valence-electron chi connectivity index (χ3n) is 2.97. The zero-order valence-electron chi connectivity index (χ0n) is 11.0. The van der Waals surface area contributed by atoms with Crippen molar-refractivity contribution < 1.29 is 4.79 Å². The number of ketones is 1. The summed E-state index contributed by atoms with van der Waals surface area (Å²) in [4.78, 5) is 11.9. The minimum absolute atomic E-state index is 0.0325. The summed E-state index contributed by atoms with van der Waals surface area (Å²) in [5.41, 5.74) is 4.15. The standard InChI is InChI=1S/C15H19NO/c1-5-6-14(17)13(9-16)15-11(3)7-10(2)8-12(15)4/h7-8,13H,5-6H2,1-4H3. The molecule has 0 aliphatic heterocycles. The van der Waals surface area contributed by atoms with E-state index in [9.17, 15) is 10.1 Å². The fraction of sp³-hybridized carbons (Fsp3) is 0.467.